The van der Waals surface area contributed by atoms with Crippen LogP contribution >= 0.6 is 0 Å². The molecule has 16 heavy (non-hydrogen) atoms. The topological polar surface area (TPSA) is 18.5 Å². The Morgan fingerprint density at radius 1 is 0.938 bits per heavy atom. The van der Waals surface area contributed by atoms with E-state index in [4.69, 9.17) is 0 Å². The zero-order valence-corrected chi connectivity index (χ0v) is 11.9. The molecule has 0 radical (unpaired) electrons. The maximum atomic E-state index is 3.68. The Kier molecular flexibility index (Phi) is 9.99. The lowest BCUT2D eigenvalue weighted by Gasteiger charge is -2.20. The summed E-state index contributed by atoms with van der Waals surface area (Å²) in [6.07, 6.45) is 5.09. The number of rotatable bonds is 10. The van der Waals surface area contributed by atoms with Gasteiger partial charge in [-0.1, -0.05) is 13.3 Å². The Balaban J connectivity index is 3.59. The van der Waals surface area contributed by atoms with Crippen molar-refractivity contribution in [1.29, 1.82) is 0 Å². The highest BCUT2D eigenvalue weighted by molar-refractivity contribution is 4.67. The lowest BCUT2D eigenvalue weighted by Crippen LogP contribution is -2.34. The van der Waals surface area contributed by atoms with Crippen LogP contribution in [0.4, 0.5) is 0 Å². The number of nitrogens with zero attached hydrogens (tertiary/aromatic N) is 2. The second kappa shape index (κ2) is 10.1. The maximum absolute atomic E-state index is 3.68. The molecular weight excluding hydrogens is 198 g/mol. The summed E-state index contributed by atoms with van der Waals surface area (Å²) in [6.45, 7) is 5.78. The zero-order valence-electron chi connectivity index (χ0n) is 11.9. The van der Waals surface area contributed by atoms with E-state index in [0.717, 1.165) is 6.54 Å². The van der Waals surface area contributed by atoms with Crippen LogP contribution < -0.4 is 5.32 Å². The van der Waals surface area contributed by atoms with Crippen LogP contribution in [-0.4, -0.2) is 63.7 Å². The second-order valence-corrected chi connectivity index (χ2v) is 5.19. The molecule has 0 fully saturated rings. The van der Waals surface area contributed by atoms with Crippen LogP contribution in [0.5, 0.6) is 0 Å². The molecule has 1 N–H and O–H groups in total. The molecule has 3 heteroatoms. The number of nitrogens with one attached hydrogen (secondary N) is 1. The fourth-order valence-corrected chi connectivity index (χ4v) is 1.81. The van der Waals surface area contributed by atoms with Gasteiger partial charge >= 0.3 is 0 Å². The molecule has 0 saturated carbocycles. The van der Waals surface area contributed by atoms with Gasteiger partial charge in [-0.2, -0.15) is 0 Å². The van der Waals surface area contributed by atoms with E-state index in [1.807, 2.05) is 0 Å². The minimum Gasteiger partial charge on any atom is -0.314 e. The van der Waals surface area contributed by atoms with Crippen LogP contribution in [0.3, 0.4) is 0 Å². The molecule has 1 unspecified atom stereocenters. The fourth-order valence-electron chi connectivity index (χ4n) is 1.81. The Hall–Kier alpha value is -0.120. The Morgan fingerprint density at radius 3 is 2.06 bits per heavy atom. The summed E-state index contributed by atoms with van der Waals surface area (Å²) in [5.74, 6) is 0. The van der Waals surface area contributed by atoms with Crippen LogP contribution in [0.15, 0.2) is 0 Å². The van der Waals surface area contributed by atoms with Gasteiger partial charge in [0, 0.05) is 6.04 Å². The molecule has 0 aliphatic heterocycles. The number of hydrogen-bond acceptors (Lipinski definition) is 3. The highest BCUT2D eigenvalue weighted by atomic mass is 15.1. The average molecular weight is 229 g/mol. The van der Waals surface area contributed by atoms with Gasteiger partial charge in [0.1, 0.15) is 0 Å². The molecule has 0 aliphatic carbocycles. The third-order valence-corrected chi connectivity index (χ3v) is 2.78. The predicted molar refractivity (Wildman–Crippen MR) is 73.0 cm³/mol. The minimum atomic E-state index is 0.703. The highest BCUT2D eigenvalue weighted by Crippen LogP contribution is 2.02. The smallest absolute Gasteiger partial charge is 0.00791 e. The molecule has 0 aromatic carbocycles. The molecule has 0 spiro atoms. The van der Waals surface area contributed by atoms with Crippen molar-refractivity contribution in [2.24, 2.45) is 0 Å². The third-order valence-electron chi connectivity index (χ3n) is 2.78. The summed E-state index contributed by atoms with van der Waals surface area (Å²) in [5.41, 5.74) is 0. The van der Waals surface area contributed by atoms with Crippen molar-refractivity contribution in [3.05, 3.63) is 0 Å². The first kappa shape index (κ1) is 15.9. The monoisotopic (exact) mass is 229 g/mol. The summed E-state index contributed by atoms with van der Waals surface area (Å²) in [4.78, 5) is 4.51. The molecule has 0 heterocycles. The predicted octanol–water partition coefficient (Wildman–Crippen LogP) is 1.65. The normalized spacial score (nSPS) is 13.7. The first-order valence-corrected chi connectivity index (χ1v) is 6.59. The Bertz CT molecular complexity index is 146. The van der Waals surface area contributed by atoms with Gasteiger partial charge in [0.05, 0.1) is 0 Å². The van der Waals surface area contributed by atoms with Crippen molar-refractivity contribution in [3.8, 4) is 0 Å². The molecule has 0 aromatic rings. The molecular formula is C13H31N3. The van der Waals surface area contributed by atoms with Crippen LogP contribution in [-0.2, 0) is 0 Å². The largest absolute Gasteiger partial charge is 0.314 e. The second-order valence-electron chi connectivity index (χ2n) is 5.19. The van der Waals surface area contributed by atoms with Crippen LogP contribution in [0.25, 0.3) is 0 Å². The molecule has 0 saturated heterocycles. The first-order chi connectivity index (χ1) is 7.56. The summed E-state index contributed by atoms with van der Waals surface area (Å²) < 4.78 is 0. The van der Waals surface area contributed by atoms with Gasteiger partial charge < -0.3 is 15.1 Å². The Labute approximate surface area is 102 Å². The fraction of sp³-hybridized carbons (Fsp3) is 1.00. The van der Waals surface area contributed by atoms with Gasteiger partial charge in [0.15, 0.2) is 0 Å². The van der Waals surface area contributed by atoms with Gasteiger partial charge in [0.25, 0.3) is 0 Å². The van der Waals surface area contributed by atoms with E-state index in [9.17, 15) is 0 Å². The molecule has 98 valence electrons. The standard InChI is InChI=1S/C13H31N3/c1-6-8-13(9-12-16(4)5)14-10-7-11-15(2)3/h13-14H,6-12H2,1-5H3. The van der Waals surface area contributed by atoms with Gasteiger partial charge in [-0.25, -0.2) is 0 Å². The lowest BCUT2D eigenvalue weighted by molar-refractivity contribution is 0.337. The van der Waals surface area contributed by atoms with Crippen molar-refractivity contribution >= 4 is 0 Å². The van der Waals surface area contributed by atoms with Crippen LogP contribution in [0.2, 0.25) is 0 Å². The van der Waals surface area contributed by atoms with E-state index in [1.165, 1.54) is 38.8 Å². The van der Waals surface area contributed by atoms with Gasteiger partial charge in [-0.05, 0) is 67.1 Å². The number of hydrogen-bond donors (Lipinski definition) is 1. The van der Waals surface area contributed by atoms with Crippen molar-refractivity contribution in [1.82, 2.24) is 15.1 Å². The van der Waals surface area contributed by atoms with Crippen molar-refractivity contribution in [2.45, 2.75) is 38.6 Å². The van der Waals surface area contributed by atoms with E-state index in [-0.39, 0.29) is 0 Å². The quantitative estimate of drug-likeness (QED) is 0.575. The van der Waals surface area contributed by atoms with E-state index in [1.54, 1.807) is 0 Å². The van der Waals surface area contributed by atoms with Crippen molar-refractivity contribution < 1.29 is 0 Å². The average Bonchev–Trinajstić information content (AvgIpc) is 2.20. The minimum absolute atomic E-state index is 0.703. The SMILES string of the molecule is CCCC(CCN(C)C)NCCCN(C)C. The van der Waals surface area contributed by atoms with Gasteiger partial charge in [-0.3, -0.25) is 0 Å². The van der Waals surface area contributed by atoms with Crippen molar-refractivity contribution in [3.63, 3.8) is 0 Å². The van der Waals surface area contributed by atoms with E-state index >= 15 is 0 Å². The van der Waals surface area contributed by atoms with E-state index in [2.05, 4.69) is 50.2 Å². The zero-order chi connectivity index (χ0) is 12.4. The lowest BCUT2D eigenvalue weighted by atomic mass is 10.1. The van der Waals surface area contributed by atoms with E-state index in [0.29, 0.717) is 6.04 Å². The molecule has 0 bridgehead atoms. The Morgan fingerprint density at radius 2 is 1.56 bits per heavy atom. The van der Waals surface area contributed by atoms with Gasteiger partial charge in [0.2, 0.25) is 0 Å². The van der Waals surface area contributed by atoms with E-state index < -0.39 is 0 Å². The molecule has 0 rings (SSSR count). The van der Waals surface area contributed by atoms with Gasteiger partial charge in [-0.15, -0.1) is 0 Å². The van der Waals surface area contributed by atoms with Crippen LogP contribution in [0, 0.1) is 0 Å². The molecule has 0 amide bonds. The summed E-state index contributed by atoms with van der Waals surface area (Å²) in [7, 11) is 8.56. The molecule has 0 aliphatic rings. The molecule has 1 atom stereocenters. The summed E-state index contributed by atoms with van der Waals surface area (Å²) >= 11 is 0. The molecule has 0 aromatic heterocycles. The highest BCUT2D eigenvalue weighted by Gasteiger charge is 2.06. The van der Waals surface area contributed by atoms with Crippen molar-refractivity contribution in [2.75, 3.05) is 47.8 Å². The third kappa shape index (κ3) is 10.4. The summed E-state index contributed by atoms with van der Waals surface area (Å²) in [5, 5.41) is 3.68. The first-order valence-electron chi connectivity index (χ1n) is 6.59. The van der Waals surface area contributed by atoms with Crippen LogP contribution in [0.1, 0.15) is 32.6 Å². The maximum Gasteiger partial charge on any atom is 0.00791 e. The summed E-state index contributed by atoms with van der Waals surface area (Å²) in [6, 6.07) is 0.703. The molecule has 3 nitrogen and oxygen atoms in total.